The maximum absolute atomic E-state index is 10.3. The Morgan fingerprint density at radius 1 is 1.29 bits per heavy atom. The number of aromatic nitrogens is 2. The molecule has 1 unspecified atom stereocenters. The lowest BCUT2D eigenvalue weighted by Crippen LogP contribution is -2.45. The fraction of sp³-hybridized carbons (Fsp3) is 0.438. The van der Waals surface area contributed by atoms with E-state index in [2.05, 4.69) is 27.6 Å². The Hall–Kier alpha value is -1.69. The van der Waals surface area contributed by atoms with Gasteiger partial charge in [0.1, 0.15) is 0 Å². The van der Waals surface area contributed by atoms with E-state index in [0.717, 1.165) is 16.8 Å². The number of benzene rings is 1. The molecule has 1 aromatic carbocycles. The zero-order valence-electron chi connectivity index (χ0n) is 12.9. The van der Waals surface area contributed by atoms with Crippen LogP contribution in [0.1, 0.15) is 12.5 Å². The number of hydrogen-bond donors (Lipinski definition) is 3. The van der Waals surface area contributed by atoms with Gasteiger partial charge in [0.15, 0.2) is 0 Å². The molecule has 114 valence electrons. The topological polar surface area (TPSA) is 64.2 Å². The van der Waals surface area contributed by atoms with Crippen molar-refractivity contribution >= 4 is 0 Å². The molecule has 0 bridgehead atoms. The summed E-state index contributed by atoms with van der Waals surface area (Å²) in [5.74, 6) is 0. The first-order valence-electron chi connectivity index (χ1n) is 7.13. The minimum atomic E-state index is -0.750. The third kappa shape index (κ3) is 4.67. The van der Waals surface area contributed by atoms with Crippen LogP contribution in [0.4, 0.5) is 0 Å². The van der Waals surface area contributed by atoms with Crippen LogP contribution in [0.25, 0.3) is 11.3 Å². The van der Waals surface area contributed by atoms with Crippen LogP contribution in [0.5, 0.6) is 0 Å². The van der Waals surface area contributed by atoms with Gasteiger partial charge in [-0.05, 0) is 26.6 Å². The standard InChI is InChI=1S/C16H24N4O/c1-16(21,12-20(2)3)11-17-9-14-10-18-19-15(14)13-7-5-4-6-8-13/h4-8,10,17,21H,9,11-12H2,1-3H3,(H,18,19). The lowest BCUT2D eigenvalue weighted by molar-refractivity contribution is 0.0336. The van der Waals surface area contributed by atoms with E-state index in [9.17, 15) is 5.11 Å². The number of nitrogens with zero attached hydrogens (tertiary/aromatic N) is 2. The molecule has 0 saturated heterocycles. The summed E-state index contributed by atoms with van der Waals surface area (Å²) in [6.07, 6.45) is 1.83. The first kappa shape index (κ1) is 15.7. The Labute approximate surface area is 126 Å². The molecule has 1 heterocycles. The number of hydrogen-bond acceptors (Lipinski definition) is 4. The average molecular weight is 288 g/mol. The van der Waals surface area contributed by atoms with Gasteiger partial charge in [0, 0.05) is 25.2 Å². The fourth-order valence-corrected chi connectivity index (χ4v) is 2.50. The Morgan fingerprint density at radius 3 is 2.67 bits per heavy atom. The molecule has 0 fully saturated rings. The van der Waals surface area contributed by atoms with Crippen LogP contribution in [0, 0.1) is 0 Å². The number of aromatic amines is 1. The van der Waals surface area contributed by atoms with Gasteiger partial charge in [-0.25, -0.2) is 0 Å². The van der Waals surface area contributed by atoms with E-state index in [1.807, 2.05) is 50.3 Å². The van der Waals surface area contributed by atoms with Crippen molar-refractivity contribution in [1.82, 2.24) is 20.4 Å². The largest absolute Gasteiger partial charge is 0.388 e. The molecule has 5 nitrogen and oxygen atoms in total. The second kappa shape index (κ2) is 6.85. The van der Waals surface area contributed by atoms with Gasteiger partial charge in [-0.2, -0.15) is 5.10 Å². The van der Waals surface area contributed by atoms with Gasteiger partial charge < -0.3 is 15.3 Å². The van der Waals surface area contributed by atoms with Crippen molar-refractivity contribution in [2.75, 3.05) is 27.2 Å². The third-order valence-electron chi connectivity index (χ3n) is 3.26. The van der Waals surface area contributed by atoms with Crippen LogP contribution < -0.4 is 5.32 Å². The molecule has 21 heavy (non-hydrogen) atoms. The first-order chi connectivity index (χ1) is 9.98. The van der Waals surface area contributed by atoms with Crippen LogP contribution in [0.3, 0.4) is 0 Å². The molecule has 2 aromatic rings. The van der Waals surface area contributed by atoms with Crippen molar-refractivity contribution in [1.29, 1.82) is 0 Å². The van der Waals surface area contributed by atoms with Gasteiger partial charge in [-0.3, -0.25) is 5.10 Å². The fourth-order valence-electron chi connectivity index (χ4n) is 2.50. The minimum Gasteiger partial charge on any atom is -0.388 e. The highest BCUT2D eigenvalue weighted by Gasteiger charge is 2.20. The molecule has 1 aromatic heterocycles. The predicted octanol–water partition coefficient (Wildman–Crippen LogP) is 1.48. The molecule has 2 rings (SSSR count). The number of aliphatic hydroxyl groups is 1. The lowest BCUT2D eigenvalue weighted by Gasteiger charge is -2.27. The van der Waals surface area contributed by atoms with E-state index in [1.165, 1.54) is 0 Å². The van der Waals surface area contributed by atoms with Crippen molar-refractivity contribution in [3.63, 3.8) is 0 Å². The average Bonchev–Trinajstić information content (AvgIpc) is 2.86. The summed E-state index contributed by atoms with van der Waals surface area (Å²) in [5, 5.41) is 20.7. The zero-order chi connectivity index (χ0) is 15.3. The Bertz CT molecular complexity index is 548. The summed E-state index contributed by atoms with van der Waals surface area (Å²) in [6, 6.07) is 10.1. The summed E-state index contributed by atoms with van der Waals surface area (Å²) in [4.78, 5) is 1.98. The van der Waals surface area contributed by atoms with E-state index < -0.39 is 5.60 Å². The zero-order valence-corrected chi connectivity index (χ0v) is 12.9. The van der Waals surface area contributed by atoms with E-state index >= 15 is 0 Å². The molecule has 0 spiro atoms. The number of nitrogens with one attached hydrogen (secondary N) is 2. The Balaban J connectivity index is 1.95. The molecule has 0 amide bonds. The number of likely N-dealkylation sites (N-methyl/N-ethyl adjacent to an activating group) is 1. The maximum atomic E-state index is 10.3. The summed E-state index contributed by atoms with van der Waals surface area (Å²) in [7, 11) is 3.91. The molecule has 5 heteroatoms. The Kier molecular flexibility index (Phi) is 5.12. The minimum absolute atomic E-state index is 0.532. The van der Waals surface area contributed by atoms with Gasteiger partial charge in [-0.1, -0.05) is 30.3 Å². The molecule has 1 atom stereocenters. The molecule has 0 aliphatic carbocycles. The Morgan fingerprint density at radius 2 is 2.00 bits per heavy atom. The number of H-pyrrole nitrogens is 1. The van der Waals surface area contributed by atoms with E-state index in [0.29, 0.717) is 19.6 Å². The second-order valence-electron chi connectivity index (χ2n) is 5.97. The monoisotopic (exact) mass is 288 g/mol. The smallest absolute Gasteiger partial charge is 0.0869 e. The van der Waals surface area contributed by atoms with Gasteiger partial charge >= 0.3 is 0 Å². The molecule has 0 aliphatic rings. The highest BCUT2D eigenvalue weighted by molar-refractivity contribution is 5.62. The van der Waals surface area contributed by atoms with Gasteiger partial charge in [0.05, 0.1) is 17.5 Å². The van der Waals surface area contributed by atoms with Crippen LogP contribution in [-0.2, 0) is 6.54 Å². The van der Waals surface area contributed by atoms with Gasteiger partial charge in [0.2, 0.25) is 0 Å². The van der Waals surface area contributed by atoms with Crippen molar-refractivity contribution < 1.29 is 5.11 Å². The first-order valence-corrected chi connectivity index (χ1v) is 7.13. The van der Waals surface area contributed by atoms with E-state index in [-0.39, 0.29) is 0 Å². The van der Waals surface area contributed by atoms with Crippen molar-refractivity contribution in [2.24, 2.45) is 0 Å². The number of rotatable bonds is 7. The van der Waals surface area contributed by atoms with Crippen molar-refractivity contribution in [3.8, 4) is 11.3 Å². The van der Waals surface area contributed by atoms with E-state index in [1.54, 1.807) is 0 Å². The van der Waals surface area contributed by atoms with Crippen molar-refractivity contribution in [3.05, 3.63) is 42.1 Å². The molecule has 3 N–H and O–H groups in total. The SMILES string of the molecule is CN(C)CC(C)(O)CNCc1cn[nH]c1-c1ccccc1. The maximum Gasteiger partial charge on any atom is 0.0869 e. The third-order valence-corrected chi connectivity index (χ3v) is 3.26. The summed E-state index contributed by atoms with van der Waals surface area (Å²) >= 11 is 0. The van der Waals surface area contributed by atoms with E-state index in [4.69, 9.17) is 0 Å². The van der Waals surface area contributed by atoms with Gasteiger partial charge in [-0.15, -0.1) is 0 Å². The highest BCUT2D eigenvalue weighted by Crippen LogP contribution is 2.20. The molecular formula is C16H24N4O. The summed E-state index contributed by atoms with van der Waals surface area (Å²) < 4.78 is 0. The molecule has 0 aliphatic heterocycles. The summed E-state index contributed by atoms with van der Waals surface area (Å²) in [6.45, 7) is 3.67. The second-order valence-corrected chi connectivity index (χ2v) is 5.97. The molecular weight excluding hydrogens is 264 g/mol. The van der Waals surface area contributed by atoms with Crippen LogP contribution in [0.15, 0.2) is 36.5 Å². The molecule has 0 radical (unpaired) electrons. The molecule has 0 saturated carbocycles. The lowest BCUT2D eigenvalue weighted by atomic mass is 10.1. The van der Waals surface area contributed by atoms with Crippen LogP contribution >= 0.6 is 0 Å². The van der Waals surface area contributed by atoms with Crippen molar-refractivity contribution in [2.45, 2.75) is 19.1 Å². The highest BCUT2D eigenvalue weighted by atomic mass is 16.3. The van der Waals surface area contributed by atoms with Crippen LogP contribution in [-0.4, -0.2) is 53.0 Å². The summed E-state index contributed by atoms with van der Waals surface area (Å²) in [5.41, 5.74) is 2.49. The van der Waals surface area contributed by atoms with Gasteiger partial charge in [0.25, 0.3) is 0 Å². The normalized spacial score (nSPS) is 14.3. The predicted molar refractivity (Wildman–Crippen MR) is 84.9 cm³/mol. The quantitative estimate of drug-likeness (QED) is 0.722. The van der Waals surface area contributed by atoms with Crippen LogP contribution in [0.2, 0.25) is 0 Å².